The minimum atomic E-state index is -1.08. The fraction of sp³-hybridized carbons (Fsp3) is 0.429. The average Bonchev–Trinajstić information content (AvgIpc) is 3.22. The lowest BCUT2D eigenvalue weighted by Gasteiger charge is -2.41. The molecular formula is C21H28N4O5. The van der Waals surface area contributed by atoms with E-state index in [-0.39, 0.29) is 17.6 Å². The van der Waals surface area contributed by atoms with Crippen LogP contribution in [0.1, 0.15) is 42.2 Å². The van der Waals surface area contributed by atoms with Gasteiger partial charge in [0.25, 0.3) is 0 Å². The lowest BCUT2D eigenvalue weighted by atomic mass is 10.0. The number of urea groups is 1. The number of carboxylic acids is 1. The number of furan rings is 1. The van der Waals surface area contributed by atoms with Crippen LogP contribution >= 0.6 is 0 Å². The molecule has 2 amide bonds. The summed E-state index contributed by atoms with van der Waals surface area (Å²) in [5, 5.41) is 14.0. The number of piperazine rings is 1. The summed E-state index contributed by atoms with van der Waals surface area (Å²) in [5.74, 6) is -0.260. The van der Waals surface area contributed by atoms with Gasteiger partial charge in [0, 0.05) is 31.2 Å². The van der Waals surface area contributed by atoms with Crippen LogP contribution < -0.4 is 20.4 Å². The highest BCUT2D eigenvalue weighted by atomic mass is 16.5. The molecule has 1 saturated heterocycles. The number of para-hydroxylation sites is 2. The Labute approximate surface area is 175 Å². The van der Waals surface area contributed by atoms with E-state index < -0.39 is 12.0 Å². The Morgan fingerprint density at radius 1 is 1.30 bits per heavy atom. The summed E-state index contributed by atoms with van der Waals surface area (Å²) in [6.45, 7) is 5.96. The molecule has 2 heterocycles. The van der Waals surface area contributed by atoms with Crippen LogP contribution in [0.15, 0.2) is 41.2 Å². The number of nitrogens with zero attached hydrogens (tertiary/aromatic N) is 2. The lowest BCUT2D eigenvalue weighted by molar-refractivity contribution is 0.0694. The Balaban J connectivity index is 1.59. The van der Waals surface area contributed by atoms with E-state index in [1.807, 2.05) is 36.2 Å². The number of hydrogen-bond acceptors (Lipinski definition) is 6. The summed E-state index contributed by atoms with van der Waals surface area (Å²) in [6, 6.07) is 7.21. The number of amides is 2. The van der Waals surface area contributed by atoms with Crippen molar-refractivity contribution in [1.29, 1.82) is 0 Å². The van der Waals surface area contributed by atoms with Crippen molar-refractivity contribution < 1.29 is 23.8 Å². The minimum Gasteiger partial charge on any atom is -0.495 e. The summed E-state index contributed by atoms with van der Waals surface area (Å²) < 4.78 is 10.5. The van der Waals surface area contributed by atoms with E-state index in [0.29, 0.717) is 25.1 Å². The van der Waals surface area contributed by atoms with Gasteiger partial charge < -0.3 is 24.5 Å². The van der Waals surface area contributed by atoms with Gasteiger partial charge in [0.05, 0.1) is 25.1 Å². The number of carbonyl (C=O) groups is 2. The molecule has 9 heteroatoms. The first-order valence-electron chi connectivity index (χ1n) is 9.95. The first-order chi connectivity index (χ1) is 14.4. The number of aromatic carboxylic acids is 1. The molecule has 0 spiro atoms. The summed E-state index contributed by atoms with van der Waals surface area (Å²) in [5.41, 5.74) is 4.41. The van der Waals surface area contributed by atoms with Gasteiger partial charge in [-0.2, -0.15) is 0 Å². The first-order valence-corrected chi connectivity index (χ1v) is 9.95. The van der Waals surface area contributed by atoms with Crippen LogP contribution in [-0.2, 0) is 0 Å². The Morgan fingerprint density at radius 2 is 2.07 bits per heavy atom. The van der Waals surface area contributed by atoms with Crippen LogP contribution in [0, 0.1) is 0 Å². The summed E-state index contributed by atoms with van der Waals surface area (Å²) in [6.07, 6.45) is 3.08. The van der Waals surface area contributed by atoms with E-state index >= 15 is 0 Å². The van der Waals surface area contributed by atoms with Crippen LogP contribution in [-0.4, -0.2) is 54.9 Å². The molecular weight excluding hydrogens is 388 g/mol. The number of rotatable bonds is 7. The van der Waals surface area contributed by atoms with Crippen LogP contribution in [0.4, 0.5) is 10.5 Å². The molecule has 2 atom stereocenters. The molecule has 3 N–H and O–H groups in total. The van der Waals surface area contributed by atoms with Crippen molar-refractivity contribution >= 4 is 17.7 Å². The topological polar surface area (TPSA) is 107 Å². The highest BCUT2D eigenvalue weighted by molar-refractivity contribution is 5.89. The Morgan fingerprint density at radius 3 is 2.73 bits per heavy atom. The largest absolute Gasteiger partial charge is 0.495 e. The standard InChI is InChI=1S/C21H28N4O5/c1-4-17(15-12-30-13-16(15)20(26)27)22-21(28)23-24-9-10-25(14(2)11-24)18-7-5-6-8-19(18)29-3/h5-8,12-14,17H,4,9-11H2,1-3H3,(H,26,27)(H2,22,23,28). The van der Waals surface area contributed by atoms with Gasteiger partial charge in [-0.05, 0) is 25.5 Å². The van der Waals surface area contributed by atoms with E-state index in [1.165, 1.54) is 12.5 Å². The normalized spacial score (nSPS) is 18.0. The molecule has 3 rings (SSSR count). The van der Waals surface area contributed by atoms with Crippen molar-refractivity contribution in [2.24, 2.45) is 0 Å². The molecule has 0 radical (unpaired) electrons. The second-order valence-corrected chi connectivity index (χ2v) is 7.25. The second kappa shape index (κ2) is 9.53. The monoisotopic (exact) mass is 416 g/mol. The molecule has 1 aliphatic rings. The number of carboxylic acid groups (broad SMARTS) is 1. The maximum absolute atomic E-state index is 12.5. The van der Waals surface area contributed by atoms with Crippen LogP contribution in [0.3, 0.4) is 0 Å². The number of benzene rings is 1. The highest BCUT2D eigenvalue weighted by Crippen LogP contribution is 2.30. The molecule has 1 aliphatic heterocycles. The van der Waals surface area contributed by atoms with Crippen LogP contribution in [0.25, 0.3) is 0 Å². The number of methoxy groups -OCH3 is 1. The number of nitrogens with one attached hydrogen (secondary N) is 2. The van der Waals surface area contributed by atoms with Crippen molar-refractivity contribution in [2.45, 2.75) is 32.4 Å². The second-order valence-electron chi connectivity index (χ2n) is 7.25. The predicted molar refractivity (Wildman–Crippen MR) is 112 cm³/mol. The Kier molecular flexibility index (Phi) is 6.83. The van der Waals surface area contributed by atoms with E-state index in [1.54, 1.807) is 7.11 Å². The van der Waals surface area contributed by atoms with E-state index in [0.717, 1.165) is 18.0 Å². The zero-order valence-corrected chi connectivity index (χ0v) is 17.4. The van der Waals surface area contributed by atoms with Gasteiger partial charge in [0.2, 0.25) is 0 Å². The van der Waals surface area contributed by atoms with Gasteiger partial charge in [-0.25, -0.2) is 14.6 Å². The minimum absolute atomic E-state index is 0.0567. The smallest absolute Gasteiger partial charge is 0.339 e. The Hall–Kier alpha value is -3.20. The maximum Gasteiger partial charge on any atom is 0.339 e. The quantitative estimate of drug-likeness (QED) is 0.637. The van der Waals surface area contributed by atoms with E-state index in [2.05, 4.69) is 22.6 Å². The number of ether oxygens (including phenoxy) is 1. The van der Waals surface area contributed by atoms with Crippen molar-refractivity contribution in [2.75, 3.05) is 31.6 Å². The third kappa shape index (κ3) is 4.68. The molecule has 9 nitrogen and oxygen atoms in total. The predicted octanol–water partition coefficient (Wildman–Crippen LogP) is 2.86. The fourth-order valence-corrected chi connectivity index (χ4v) is 3.77. The third-order valence-electron chi connectivity index (χ3n) is 5.29. The maximum atomic E-state index is 12.5. The van der Waals surface area contributed by atoms with Crippen molar-refractivity contribution in [1.82, 2.24) is 15.8 Å². The molecule has 2 aromatic rings. The molecule has 162 valence electrons. The van der Waals surface area contributed by atoms with Crippen molar-refractivity contribution in [3.05, 3.63) is 47.9 Å². The average molecular weight is 416 g/mol. The summed E-state index contributed by atoms with van der Waals surface area (Å²) in [4.78, 5) is 26.1. The number of anilines is 1. The van der Waals surface area contributed by atoms with E-state index in [4.69, 9.17) is 9.15 Å². The molecule has 1 aromatic heterocycles. The van der Waals surface area contributed by atoms with Crippen LogP contribution in [0.2, 0.25) is 0 Å². The zero-order valence-electron chi connectivity index (χ0n) is 17.4. The molecule has 0 saturated carbocycles. The van der Waals surface area contributed by atoms with Gasteiger partial charge in [0.1, 0.15) is 17.6 Å². The third-order valence-corrected chi connectivity index (χ3v) is 5.29. The van der Waals surface area contributed by atoms with Gasteiger partial charge in [-0.1, -0.05) is 19.1 Å². The van der Waals surface area contributed by atoms with Crippen LogP contribution in [0.5, 0.6) is 5.75 Å². The molecule has 0 bridgehead atoms. The molecule has 2 unspecified atom stereocenters. The molecule has 1 fully saturated rings. The summed E-state index contributed by atoms with van der Waals surface area (Å²) in [7, 11) is 1.66. The fourth-order valence-electron chi connectivity index (χ4n) is 3.77. The lowest BCUT2D eigenvalue weighted by Crippen LogP contribution is -2.59. The Bertz CT molecular complexity index is 884. The molecule has 0 aliphatic carbocycles. The SMILES string of the molecule is CCC(NC(=O)NN1CCN(c2ccccc2OC)C(C)C1)c1cocc1C(=O)O. The number of hydrazine groups is 1. The van der Waals surface area contributed by atoms with Gasteiger partial charge in [-0.15, -0.1) is 0 Å². The van der Waals surface area contributed by atoms with Crippen molar-refractivity contribution in [3.8, 4) is 5.75 Å². The van der Waals surface area contributed by atoms with Gasteiger partial charge >= 0.3 is 12.0 Å². The van der Waals surface area contributed by atoms with Gasteiger partial charge in [0.15, 0.2) is 0 Å². The van der Waals surface area contributed by atoms with Crippen molar-refractivity contribution in [3.63, 3.8) is 0 Å². The number of hydrogen-bond donors (Lipinski definition) is 3. The zero-order chi connectivity index (χ0) is 21.7. The summed E-state index contributed by atoms with van der Waals surface area (Å²) >= 11 is 0. The molecule has 1 aromatic carbocycles. The highest BCUT2D eigenvalue weighted by Gasteiger charge is 2.28. The van der Waals surface area contributed by atoms with E-state index in [9.17, 15) is 14.7 Å². The molecule has 30 heavy (non-hydrogen) atoms. The van der Waals surface area contributed by atoms with Gasteiger partial charge in [-0.3, -0.25) is 5.43 Å². The first kappa shape index (κ1) is 21.5. The number of carbonyl (C=O) groups excluding carboxylic acids is 1.